The number of anilines is 1. The first kappa shape index (κ1) is 18.9. The molecular weight excluding hydrogens is 352 g/mol. The Morgan fingerprint density at radius 2 is 1.50 bits per heavy atom. The van der Waals surface area contributed by atoms with E-state index in [1.807, 2.05) is 12.1 Å². The van der Waals surface area contributed by atoms with E-state index in [4.69, 9.17) is 0 Å². The van der Waals surface area contributed by atoms with E-state index >= 15 is 0 Å². The van der Waals surface area contributed by atoms with Crippen LogP contribution in [0.2, 0.25) is 0 Å². The molecule has 6 nitrogen and oxygen atoms in total. The summed E-state index contributed by atoms with van der Waals surface area (Å²) >= 11 is 0. The summed E-state index contributed by atoms with van der Waals surface area (Å²) in [5, 5.41) is 10.8. The summed E-state index contributed by atoms with van der Waals surface area (Å²) in [7, 11) is 0. The first-order valence-corrected chi connectivity index (χ1v) is 10.2. The van der Waals surface area contributed by atoms with E-state index in [2.05, 4.69) is 45.0 Å². The van der Waals surface area contributed by atoms with Crippen LogP contribution in [0.3, 0.4) is 0 Å². The highest BCUT2D eigenvalue weighted by Gasteiger charge is 2.27. The molecule has 2 aliphatic heterocycles. The maximum atomic E-state index is 10.8. The van der Waals surface area contributed by atoms with Crippen molar-refractivity contribution in [3.63, 3.8) is 0 Å². The molecule has 0 aromatic heterocycles. The minimum Gasteiger partial charge on any atom is -0.369 e. The number of non-ortho nitro benzene ring substituents is 1. The van der Waals surface area contributed by atoms with Crippen LogP contribution < -0.4 is 4.90 Å². The fourth-order valence-electron chi connectivity index (χ4n) is 4.41. The number of piperazine rings is 1. The zero-order chi connectivity index (χ0) is 19.3. The molecule has 0 aliphatic carbocycles. The van der Waals surface area contributed by atoms with Crippen LogP contribution in [-0.4, -0.2) is 60.0 Å². The number of para-hydroxylation sites is 1. The van der Waals surface area contributed by atoms with Gasteiger partial charge in [0.05, 0.1) is 4.92 Å². The van der Waals surface area contributed by atoms with Crippen LogP contribution in [0, 0.1) is 10.1 Å². The molecular formula is C22H28N4O2. The average Bonchev–Trinajstić information content (AvgIpc) is 2.75. The standard InChI is InChI=1S/C22H28N4O2/c27-26(28)22-8-6-19(7-9-22)18-23-12-10-21(11-13-23)25-16-14-24(15-17-25)20-4-2-1-3-5-20/h1-9,21H,10-18H2. The summed E-state index contributed by atoms with van der Waals surface area (Å²) in [6.07, 6.45) is 2.41. The molecule has 6 heteroatoms. The molecule has 4 rings (SSSR count). The fraction of sp³-hybridized carbons (Fsp3) is 0.455. The number of nitro groups is 1. The molecule has 0 radical (unpaired) electrons. The number of likely N-dealkylation sites (tertiary alicyclic amines) is 1. The van der Waals surface area contributed by atoms with Gasteiger partial charge >= 0.3 is 0 Å². The van der Waals surface area contributed by atoms with E-state index < -0.39 is 0 Å². The van der Waals surface area contributed by atoms with E-state index in [0.29, 0.717) is 6.04 Å². The smallest absolute Gasteiger partial charge is 0.269 e. The number of nitrogens with zero attached hydrogens (tertiary/aromatic N) is 4. The third-order valence-electron chi connectivity index (χ3n) is 6.06. The molecule has 2 heterocycles. The monoisotopic (exact) mass is 380 g/mol. The van der Waals surface area contributed by atoms with Crippen molar-refractivity contribution in [1.29, 1.82) is 0 Å². The Morgan fingerprint density at radius 3 is 2.11 bits per heavy atom. The highest BCUT2D eigenvalue weighted by atomic mass is 16.6. The quantitative estimate of drug-likeness (QED) is 0.588. The third-order valence-corrected chi connectivity index (χ3v) is 6.06. The molecule has 0 spiro atoms. The Labute approximate surface area is 166 Å². The lowest BCUT2D eigenvalue weighted by atomic mass is 10.0. The molecule has 0 unspecified atom stereocenters. The second-order valence-corrected chi connectivity index (χ2v) is 7.79. The van der Waals surface area contributed by atoms with E-state index in [1.54, 1.807) is 12.1 Å². The molecule has 0 N–H and O–H groups in total. The summed E-state index contributed by atoms with van der Waals surface area (Å²) in [5.74, 6) is 0. The zero-order valence-electron chi connectivity index (χ0n) is 16.2. The molecule has 148 valence electrons. The van der Waals surface area contributed by atoms with E-state index in [-0.39, 0.29) is 10.6 Å². The third kappa shape index (κ3) is 4.51. The fourth-order valence-corrected chi connectivity index (χ4v) is 4.41. The number of piperidine rings is 1. The van der Waals surface area contributed by atoms with Gasteiger partial charge < -0.3 is 4.90 Å². The van der Waals surface area contributed by atoms with Gasteiger partial charge in [-0.25, -0.2) is 0 Å². The van der Waals surface area contributed by atoms with Crippen LogP contribution in [0.25, 0.3) is 0 Å². The van der Waals surface area contributed by atoms with Crippen molar-refractivity contribution < 1.29 is 4.92 Å². The van der Waals surface area contributed by atoms with Crippen molar-refractivity contribution in [2.75, 3.05) is 44.2 Å². The van der Waals surface area contributed by atoms with E-state index in [9.17, 15) is 10.1 Å². The maximum absolute atomic E-state index is 10.8. The Morgan fingerprint density at radius 1 is 0.857 bits per heavy atom. The highest BCUT2D eigenvalue weighted by Crippen LogP contribution is 2.22. The summed E-state index contributed by atoms with van der Waals surface area (Å²) in [6.45, 7) is 7.57. The van der Waals surface area contributed by atoms with Crippen molar-refractivity contribution in [2.24, 2.45) is 0 Å². The average molecular weight is 380 g/mol. The highest BCUT2D eigenvalue weighted by molar-refractivity contribution is 5.46. The summed E-state index contributed by atoms with van der Waals surface area (Å²) in [5.41, 5.74) is 2.65. The number of nitro benzene ring substituents is 1. The topological polar surface area (TPSA) is 52.9 Å². The van der Waals surface area contributed by atoms with Gasteiger partial charge in [-0.05, 0) is 43.6 Å². The Balaban J connectivity index is 1.23. The normalized spacial score (nSPS) is 19.6. The van der Waals surface area contributed by atoms with Crippen LogP contribution >= 0.6 is 0 Å². The predicted octanol–water partition coefficient (Wildman–Crippen LogP) is 3.38. The SMILES string of the molecule is O=[N+]([O-])c1ccc(CN2CCC(N3CCN(c4ccccc4)CC3)CC2)cc1. The maximum Gasteiger partial charge on any atom is 0.269 e. The van der Waals surface area contributed by atoms with Crippen LogP contribution in [0.1, 0.15) is 18.4 Å². The summed E-state index contributed by atoms with van der Waals surface area (Å²) in [6, 6.07) is 18.4. The van der Waals surface area contributed by atoms with Gasteiger partial charge in [0.2, 0.25) is 0 Å². The molecule has 0 bridgehead atoms. The van der Waals surface area contributed by atoms with Gasteiger partial charge in [0.1, 0.15) is 0 Å². The van der Waals surface area contributed by atoms with E-state index in [0.717, 1.165) is 51.4 Å². The van der Waals surface area contributed by atoms with Gasteiger partial charge in [-0.3, -0.25) is 19.9 Å². The van der Waals surface area contributed by atoms with Gasteiger partial charge in [-0.1, -0.05) is 30.3 Å². The molecule has 2 fully saturated rings. The van der Waals surface area contributed by atoms with Crippen molar-refractivity contribution in [3.05, 3.63) is 70.3 Å². The van der Waals surface area contributed by atoms with Crippen LogP contribution in [0.5, 0.6) is 0 Å². The van der Waals surface area contributed by atoms with Crippen LogP contribution in [0.4, 0.5) is 11.4 Å². The van der Waals surface area contributed by atoms with E-state index in [1.165, 1.54) is 18.5 Å². The molecule has 28 heavy (non-hydrogen) atoms. The Kier molecular flexibility index (Phi) is 5.88. The number of hydrogen-bond acceptors (Lipinski definition) is 5. The van der Waals surface area contributed by atoms with Crippen LogP contribution in [0.15, 0.2) is 54.6 Å². The second-order valence-electron chi connectivity index (χ2n) is 7.79. The predicted molar refractivity (Wildman–Crippen MR) is 112 cm³/mol. The molecule has 0 atom stereocenters. The summed E-state index contributed by atoms with van der Waals surface area (Å²) < 4.78 is 0. The lowest BCUT2D eigenvalue weighted by Crippen LogP contribution is -2.53. The molecule has 0 amide bonds. The second kappa shape index (κ2) is 8.71. The lowest BCUT2D eigenvalue weighted by molar-refractivity contribution is -0.384. The molecule has 0 saturated carbocycles. The molecule has 2 saturated heterocycles. The van der Waals surface area contributed by atoms with Crippen molar-refractivity contribution >= 4 is 11.4 Å². The minimum absolute atomic E-state index is 0.164. The number of rotatable bonds is 5. The largest absolute Gasteiger partial charge is 0.369 e. The Bertz CT molecular complexity index is 765. The minimum atomic E-state index is -0.340. The number of hydrogen-bond donors (Lipinski definition) is 0. The lowest BCUT2D eigenvalue weighted by Gasteiger charge is -2.43. The first-order chi connectivity index (χ1) is 13.7. The van der Waals surface area contributed by atoms with Crippen molar-refractivity contribution in [1.82, 2.24) is 9.80 Å². The summed E-state index contributed by atoms with van der Waals surface area (Å²) in [4.78, 5) is 18.1. The van der Waals surface area contributed by atoms with Gasteiger partial charge in [0.25, 0.3) is 5.69 Å². The van der Waals surface area contributed by atoms with Crippen molar-refractivity contribution in [2.45, 2.75) is 25.4 Å². The van der Waals surface area contributed by atoms with Gasteiger partial charge in [-0.15, -0.1) is 0 Å². The van der Waals surface area contributed by atoms with Crippen molar-refractivity contribution in [3.8, 4) is 0 Å². The molecule has 2 aromatic carbocycles. The molecule has 2 aliphatic rings. The molecule has 2 aromatic rings. The Hall–Kier alpha value is -2.44. The van der Waals surface area contributed by atoms with Gasteiger partial charge in [0, 0.05) is 56.6 Å². The van der Waals surface area contributed by atoms with Gasteiger partial charge in [0.15, 0.2) is 0 Å². The van der Waals surface area contributed by atoms with Crippen LogP contribution in [-0.2, 0) is 6.54 Å². The van der Waals surface area contributed by atoms with Gasteiger partial charge in [-0.2, -0.15) is 0 Å². The first-order valence-electron chi connectivity index (χ1n) is 10.2. The number of benzene rings is 2. The zero-order valence-corrected chi connectivity index (χ0v) is 16.2.